The molecule has 1 saturated heterocycles. The molecule has 0 aromatic heterocycles. The Bertz CT molecular complexity index is 454. The van der Waals surface area contributed by atoms with E-state index in [2.05, 4.69) is 54.0 Å². The van der Waals surface area contributed by atoms with Crippen molar-refractivity contribution in [1.29, 1.82) is 0 Å². The van der Waals surface area contributed by atoms with Gasteiger partial charge in [0.15, 0.2) is 0 Å². The summed E-state index contributed by atoms with van der Waals surface area (Å²) < 4.78 is 0. The van der Waals surface area contributed by atoms with Crippen molar-refractivity contribution in [2.24, 2.45) is 5.73 Å². The minimum atomic E-state index is -0.166. The molecule has 1 heterocycles. The number of piperazine rings is 1. The topological polar surface area (TPSA) is 32.5 Å². The van der Waals surface area contributed by atoms with E-state index in [-0.39, 0.29) is 5.54 Å². The van der Waals surface area contributed by atoms with Crippen LogP contribution in [0.2, 0.25) is 0 Å². The first-order chi connectivity index (χ1) is 10.00. The smallest absolute Gasteiger partial charge is 0.0928 e. The summed E-state index contributed by atoms with van der Waals surface area (Å²) in [5.74, 6) is 1.14. The van der Waals surface area contributed by atoms with E-state index in [9.17, 15) is 0 Å². The van der Waals surface area contributed by atoms with Gasteiger partial charge in [0, 0.05) is 43.4 Å². The molecule has 1 aromatic carbocycles. The van der Waals surface area contributed by atoms with Crippen molar-refractivity contribution in [3.63, 3.8) is 0 Å². The summed E-state index contributed by atoms with van der Waals surface area (Å²) >= 11 is 7.11. The Kier molecular flexibility index (Phi) is 6.05. The van der Waals surface area contributed by atoms with Crippen molar-refractivity contribution < 1.29 is 0 Å². The Morgan fingerprint density at radius 3 is 2.38 bits per heavy atom. The zero-order valence-corrected chi connectivity index (χ0v) is 14.6. The molecule has 1 aliphatic heterocycles. The van der Waals surface area contributed by atoms with Crippen LogP contribution in [-0.2, 0) is 0 Å². The zero-order chi connectivity index (χ0) is 15.3. The second-order valence-electron chi connectivity index (χ2n) is 5.91. The van der Waals surface area contributed by atoms with Crippen LogP contribution in [0.1, 0.15) is 13.8 Å². The van der Waals surface area contributed by atoms with Gasteiger partial charge in [-0.2, -0.15) is 0 Å². The maximum Gasteiger partial charge on any atom is 0.0928 e. The van der Waals surface area contributed by atoms with Crippen molar-refractivity contribution in [3.05, 3.63) is 30.3 Å². The number of rotatable bonds is 6. The SMILES string of the molecule is CC(C)(C(N)=S)N1CCN(CCSc2ccccc2)CC1. The molecule has 0 bridgehead atoms. The lowest BCUT2D eigenvalue weighted by atomic mass is 10.0. The van der Waals surface area contributed by atoms with Crippen LogP contribution in [0.15, 0.2) is 35.2 Å². The molecule has 2 N–H and O–H groups in total. The van der Waals surface area contributed by atoms with Crippen LogP contribution in [0.25, 0.3) is 0 Å². The maximum atomic E-state index is 5.85. The molecular weight excluding hydrogens is 298 g/mol. The molecule has 5 heteroatoms. The predicted octanol–water partition coefficient (Wildman–Crippen LogP) is 2.46. The highest BCUT2D eigenvalue weighted by atomic mass is 32.2. The molecule has 0 atom stereocenters. The van der Waals surface area contributed by atoms with E-state index in [1.54, 1.807) is 0 Å². The zero-order valence-electron chi connectivity index (χ0n) is 12.9. The summed E-state index contributed by atoms with van der Waals surface area (Å²) in [4.78, 5) is 6.87. The van der Waals surface area contributed by atoms with Gasteiger partial charge in [-0.1, -0.05) is 30.4 Å². The number of nitrogens with zero attached hydrogens (tertiary/aromatic N) is 2. The van der Waals surface area contributed by atoms with E-state index >= 15 is 0 Å². The van der Waals surface area contributed by atoms with E-state index in [0.29, 0.717) is 4.99 Å². The molecule has 0 unspecified atom stereocenters. The average Bonchev–Trinajstić information content (AvgIpc) is 2.49. The Labute approximate surface area is 137 Å². The second-order valence-corrected chi connectivity index (χ2v) is 7.52. The normalized spacial score (nSPS) is 17.8. The molecule has 0 spiro atoms. The molecule has 0 radical (unpaired) electrons. The first-order valence-corrected chi connectivity index (χ1v) is 8.84. The summed E-state index contributed by atoms with van der Waals surface area (Å²) in [5.41, 5.74) is 5.69. The summed E-state index contributed by atoms with van der Waals surface area (Å²) in [6, 6.07) is 10.6. The van der Waals surface area contributed by atoms with Crippen LogP contribution in [0, 0.1) is 0 Å². The van der Waals surface area contributed by atoms with E-state index in [1.165, 1.54) is 4.90 Å². The van der Waals surface area contributed by atoms with Crippen LogP contribution in [0.5, 0.6) is 0 Å². The largest absolute Gasteiger partial charge is 0.392 e. The van der Waals surface area contributed by atoms with Crippen molar-refractivity contribution in [1.82, 2.24) is 9.80 Å². The van der Waals surface area contributed by atoms with E-state index < -0.39 is 0 Å². The van der Waals surface area contributed by atoms with Gasteiger partial charge in [-0.25, -0.2) is 0 Å². The first kappa shape index (κ1) is 16.7. The molecule has 3 nitrogen and oxygen atoms in total. The van der Waals surface area contributed by atoms with Crippen LogP contribution < -0.4 is 5.73 Å². The van der Waals surface area contributed by atoms with Gasteiger partial charge in [-0.3, -0.25) is 9.80 Å². The monoisotopic (exact) mass is 323 g/mol. The van der Waals surface area contributed by atoms with Crippen molar-refractivity contribution in [3.8, 4) is 0 Å². The van der Waals surface area contributed by atoms with E-state index in [4.69, 9.17) is 18.0 Å². The number of hydrogen-bond acceptors (Lipinski definition) is 4. The quantitative estimate of drug-likeness (QED) is 0.642. The fraction of sp³-hybridized carbons (Fsp3) is 0.562. The Morgan fingerprint density at radius 1 is 1.19 bits per heavy atom. The molecule has 0 aliphatic carbocycles. The molecule has 1 aliphatic rings. The molecule has 116 valence electrons. The number of thioether (sulfide) groups is 1. The van der Waals surface area contributed by atoms with Crippen molar-refractivity contribution in [2.45, 2.75) is 24.3 Å². The number of hydrogen-bond donors (Lipinski definition) is 1. The van der Waals surface area contributed by atoms with E-state index in [1.807, 2.05) is 11.8 Å². The summed E-state index contributed by atoms with van der Waals surface area (Å²) in [6.45, 7) is 9.66. The first-order valence-electron chi connectivity index (χ1n) is 7.45. The minimum Gasteiger partial charge on any atom is -0.392 e. The second kappa shape index (κ2) is 7.58. The summed E-state index contributed by atoms with van der Waals surface area (Å²) in [5, 5.41) is 0. The van der Waals surface area contributed by atoms with Gasteiger partial charge < -0.3 is 5.73 Å². The average molecular weight is 324 g/mol. The van der Waals surface area contributed by atoms with Gasteiger partial charge in [0.1, 0.15) is 0 Å². The summed E-state index contributed by atoms with van der Waals surface area (Å²) in [6.07, 6.45) is 0. The van der Waals surface area contributed by atoms with Crippen LogP contribution in [-0.4, -0.2) is 58.8 Å². The third-order valence-corrected chi connectivity index (χ3v) is 5.68. The Morgan fingerprint density at radius 2 is 1.81 bits per heavy atom. The highest BCUT2D eigenvalue weighted by molar-refractivity contribution is 7.99. The molecular formula is C16H25N3S2. The third-order valence-electron chi connectivity index (χ3n) is 4.19. The lowest BCUT2D eigenvalue weighted by Gasteiger charge is -2.43. The number of nitrogens with two attached hydrogens (primary N) is 1. The van der Waals surface area contributed by atoms with Crippen LogP contribution in [0.4, 0.5) is 0 Å². The summed E-state index contributed by atoms with van der Waals surface area (Å²) in [7, 11) is 0. The van der Waals surface area contributed by atoms with Gasteiger partial charge in [0.2, 0.25) is 0 Å². The molecule has 0 amide bonds. The van der Waals surface area contributed by atoms with Gasteiger partial charge in [-0.15, -0.1) is 11.8 Å². The molecule has 0 saturated carbocycles. The fourth-order valence-corrected chi connectivity index (χ4v) is 3.56. The van der Waals surface area contributed by atoms with Crippen molar-refractivity contribution in [2.75, 3.05) is 38.5 Å². The Hall–Kier alpha value is -0.620. The highest BCUT2D eigenvalue weighted by Crippen LogP contribution is 2.19. The van der Waals surface area contributed by atoms with Crippen LogP contribution >= 0.6 is 24.0 Å². The lowest BCUT2D eigenvalue weighted by molar-refractivity contribution is 0.0897. The minimum absolute atomic E-state index is 0.166. The van der Waals surface area contributed by atoms with Gasteiger partial charge in [-0.05, 0) is 26.0 Å². The molecule has 21 heavy (non-hydrogen) atoms. The van der Waals surface area contributed by atoms with Gasteiger partial charge in [0.25, 0.3) is 0 Å². The predicted molar refractivity (Wildman–Crippen MR) is 96.0 cm³/mol. The van der Waals surface area contributed by atoms with Crippen molar-refractivity contribution >= 4 is 29.0 Å². The number of benzene rings is 1. The lowest BCUT2D eigenvalue weighted by Crippen LogP contribution is -2.59. The standard InChI is InChI=1S/C16H25N3S2/c1-16(2,15(17)20)19-10-8-18(9-11-19)12-13-21-14-6-4-3-5-7-14/h3-7H,8-13H2,1-2H3,(H2,17,20). The highest BCUT2D eigenvalue weighted by Gasteiger charge is 2.31. The molecule has 1 aromatic rings. The van der Waals surface area contributed by atoms with Crippen LogP contribution in [0.3, 0.4) is 0 Å². The fourth-order valence-electron chi connectivity index (χ4n) is 2.50. The van der Waals surface area contributed by atoms with E-state index in [0.717, 1.165) is 38.5 Å². The molecule has 1 fully saturated rings. The number of thiocarbonyl (C=S) groups is 1. The molecule has 2 rings (SSSR count). The Balaban J connectivity index is 1.71. The van der Waals surface area contributed by atoms with Gasteiger partial charge >= 0.3 is 0 Å². The maximum absolute atomic E-state index is 5.85. The third kappa shape index (κ3) is 4.68. The van der Waals surface area contributed by atoms with Gasteiger partial charge in [0.05, 0.1) is 10.5 Å².